The number of methoxy groups -OCH3 is 2. The number of anilines is 2. The Labute approximate surface area is 187 Å². The molecule has 0 aliphatic carbocycles. The summed E-state index contributed by atoms with van der Waals surface area (Å²) in [5.74, 6) is -3.43. The molecule has 0 heterocycles. The van der Waals surface area contributed by atoms with Crippen molar-refractivity contribution in [3.05, 3.63) is 42.0 Å². The van der Waals surface area contributed by atoms with Crippen molar-refractivity contribution >= 4 is 33.3 Å². The van der Waals surface area contributed by atoms with Gasteiger partial charge in [0, 0.05) is 25.8 Å². The van der Waals surface area contributed by atoms with Crippen LogP contribution in [0.25, 0.3) is 0 Å². The average molecular weight is 494 g/mol. The Kier molecular flexibility index (Phi) is 8.92. The maximum Gasteiger partial charge on any atom is 0.490 e. The highest BCUT2D eigenvalue weighted by atomic mass is 32.2. The average Bonchev–Trinajstić information content (AvgIpc) is 2.72. The molecule has 0 saturated carbocycles. The van der Waals surface area contributed by atoms with Crippen molar-refractivity contribution in [1.29, 1.82) is 0 Å². The van der Waals surface area contributed by atoms with Gasteiger partial charge in [0.2, 0.25) is 0 Å². The number of nitrogens with one attached hydrogen (secondary N) is 1. The lowest BCUT2D eigenvalue weighted by atomic mass is 10.1. The number of ether oxygens (including phenoxy) is 2. The minimum atomic E-state index is -5.08. The first-order valence-electron chi connectivity index (χ1n) is 8.73. The monoisotopic (exact) mass is 494 g/mol. The Bertz CT molecular complexity index is 1120. The van der Waals surface area contributed by atoms with Crippen molar-refractivity contribution in [3.63, 3.8) is 0 Å². The summed E-state index contributed by atoms with van der Waals surface area (Å²) in [6, 6.07) is 8.67. The first-order valence-corrected chi connectivity index (χ1v) is 10.2. The predicted molar refractivity (Wildman–Crippen MR) is 112 cm³/mol. The highest BCUT2D eigenvalue weighted by Gasteiger charge is 2.38. The van der Waals surface area contributed by atoms with E-state index in [1.807, 2.05) is 0 Å². The van der Waals surface area contributed by atoms with Crippen molar-refractivity contribution in [2.45, 2.75) is 11.1 Å². The largest absolute Gasteiger partial charge is 0.497 e. The Morgan fingerprint density at radius 3 is 2.00 bits per heavy atom. The third-order valence-corrected chi connectivity index (χ3v) is 5.27. The Hall–Kier alpha value is -3.68. The summed E-state index contributed by atoms with van der Waals surface area (Å²) in [5, 5.41) is 16.5. The van der Waals surface area contributed by atoms with E-state index in [4.69, 9.17) is 19.4 Å². The van der Waals surface area contributed by atoms with Crippen LogP contribution in [0, 0.1) is 0 Å². The second-order valence-electron chi connectivity index (χ2n) is 6.36. The molecule has 0 fully saturated rings. The number of alkyl halides is 3. The van der Waals surface area contributed by atoms with Crippen molar-refractivity contribution in [2.75, 3.05) is 37.9 Å². The van der Waals surface area contributed by atoms with Gasteiger partial charge in [-0.3, -0.25) is 4.72 Å². The van der Waals surface area contributed by atoms with Gasteiger partial charge in [0.1, 0.15) is 16.4 Å². The minimum absolute atomic E-state index is 0.0205. The van der Waals surface area contributed by atoms with Gasteiger partial charge in [-0.1, -0.05) is 0 Å². The maximum atomic E-state index is 12.7. The fraction of sp³-hybridized carbons (Fsp3) is 0.263. The van der Waals surface area contributed by atoms with Crippen LogP contribution >= 0.6 is 0 Å². The number of carboxylic acid groups (broad SMARTS) is 2. The number of sulfonamides is 1. The molecule has 0 radical (unpaired) electrons. The van der Waals surface area contributed by atoms with Gasteiger partial charge in [-0.2, -0.15) is 13.2 Å². The van der Waals surface area contributed by atoms with E-state index in [1.165, 1.54) is 44.6 Å². The Balaban J connectivity index is 0.000000675. The molecule has 0 saturated heterocycles. The topological polar surface area (TPSA) is 142 Å². The van der Waals surface area contributed by atoms with E-state index < -0.39 is 28.1 Å². The zero-order valence-corrected chi connectivity index (χ0v) is 18.6. The molecule has 10 nitrogen and oxygen atoms in total. The van der Waals surface area contributed by atoms with Gasteiger partial charge in [-0.15, -0.1) is 0 Å². The second-order valence-corrected chi connectivity index (χ2v) is 8.01. The van der Waals surface area contributed by atoms with Crippen molar-refractivity contribution < 1.29 is 50.9 Å². The number of aliphatic carboxylic acids is 1. The number of benzene rings is 2. The zero-order chi connectivity index (χ0) is 25.6. The molecular weight excluding hydrogens is 473 g/mol. The van der Waals surface area contributed by atoms with E-state index in [9.17, 15) is 31.5 Å². The number of hydrogen-bond acceptors (Lipinski definition) is 7. The second kappa shape index (κ2) is 10.8. The van der Waals surface area contributed by atoms with Crippen molar-refractivity contribution in [2.24, 2.45) is 0 Å². The molecule has 0 amide bonds. The number of carboxylic acids is 2. The van der Waals surface area contributed by atoms with Crippen LogP contribution in [0.5, 0.6) is 11.5 Å². The number of hydrogen-bond donors (Lipinski definition) is 3. The predicted octanol–water partition coefficient (Wildman–Crippen LogP) is 2.90. The van der Waals surface area contributed by atoms with E-state index in [-0.39, 0.29) is 21.9 Å². The van der Waals surface area contributed by atoms with Crippen LogP contribution < -0.4 is 19.1 Å². The molecule has 2 rings (SSSR count). The van der Waals surface area contributed by atoms with Crippen molar-refractivity contribution in [3.8, 4) is 11.5 Å². The molecule has 2 aromatic carbocycles. The highest BCUT2D eigenvalue weighted by molar-refractivity contribution is 7.92. The lowest BCUT2D eigenvalue weighted by molar-refractivity contribution is -0.192. The fourth-order valence-electron chi connectivity index (χ4n) is 2.36. The lowest BCUT2D eigenvalue weighted by Crippen LogP contribution is -2.21. The van der Waals surface area contributed by atoms with E-state index in [2.05, 4.69) is 4.72 Å². The Morgan fingerprint density at radius 1 is 1.00 bits per heavy atom. The van der Waals surface area contributed by atoms with E-state index in [0.29, 0.717) is 11.4 Å². The van der Waals surface area contributed by atoms with Crippen LogP contribution in [0.15, 0.2) is 41.3 Å². The van der Waals surface area contributed by atoms with Crippen molar-refractivity contribution in [1.82, 2.24) is 0 Å². The van der Waals surface area contributed by atoms with Gasteiger partial charge in [-0.05, 0) is 30.3 Å². The van der Waals surface area contributed by atoms with Gasteiger partial charge in [0.25, 0.3) is 10.0 Å². The summed E-state index contributed by atoms with van der Waals surface area (Å²) in [6.07, 6.45) is -5.08. The molecule has 33 heavy (non-hydrogen) atoms. The van der Waals surface area contributed by atoms with Crippen LogP contribution in [-0.2, 0) is 14.8 Å². The van der Waals surface area contributed by atoms with Crippen LogP contribution in [0.3, 0.4) is 0 Å². The van der Waals surface area contributed by atoms with Crippen LogP contribution in [0.1, 0.15) is 10.4 Å². The summed E-state index contributed by atoms with van der Waals surface area (Å²) < 4.78 is 69.8. The molecule has 0 bridgehead atoms. The zero-order valence-electron chi connectivity index (χ0n) is 17.8. The summed E-state index contributed by atoms with van der Waals surface area (Å²) in [5.41, 5.74) is 0.560. The molecule has 0 unspecified atom stereocenters. The number of carbonyl (C=O) groups is 2. The highest BCUT2D eigenvalue weighted by Crippen LogP contribution is 2.31. The number of nitrogens with zero attached hydrogens (tertiary/aromatic N) is 1. The molecular formula is C19H21F3N2O8S. The van der Waals surface area contributed by atoms with Gasteiger partial charge >= 0.3 is 18.1 Å². The minimum Gasteiger partial charge on any atom is -0.497 e. The van der Waals surface area contributed by atoms with Gasteiger partial charge in [-0.25, -0.2) is 18.0 Å². The summed E-state index contributed by atoms with van der Waals surface area (Å²) in [4.78, 5) is 21.9. The fourth-order valence-corrected chi connectivity index (χ4v) is 3.60. The van der Waals surface area contributed by atoms with Gasteiger partial charge < -0.3 is 24.6 Å². The van der Waals surface area contributed by atoms with E-state index in [0.717, 1.165) is 0 Å². The molecule has 182 valence electrons. The summed E-state index contributed by atoms with van der Waals surface area (Å²) >= 11 is 0. The number of aromatic carboxylic acids is 1. The molecule has 0 spiro atoms. The van der Waals surface area contributed by atoms with Gasteiger partial charge in [0.05, 0.1) is 25.5 Å². The number of halogens is 3. The lowest BCUT2D eigenvalue weighted by Gasteiger charge is -2.17. The van der Waals surface area contributed by atoms with Crippen LogP contribution in [-0.4, -0.2) is 65.1 Å². The third-order valence-electron chi connectivity index (χ3n) is 3.86. The maximum absolute atomic E-state index is 12.7. The molecule has 14 heteroatoms. The normalized spacial score (nSPS) is 11.0. The van der Waals surface area contributed by atoms with E-state index in [1.54, 1.807) is 25.1 Å². The molecule has 0 atom stereocenters. The molecule has 2 aromatic rings. The first kappa shape index (κ1) is 27.4. The first-order chi connectivity index (χ1) is 15.1. The summed E-state index contributed by atoms with van der Waals surface area (Å²) in [6.45, 7) is 0. The van der Waals surface area contributed by atoms with Gasteiger partial charge in [0.15, 0.2) is 0 Å². The standard InChI is InChI=1S/C17H20N2O6S.C2HF3O2/c1-19(2)14-7-5-11(9-13(14)17(20)21)18-26(22,23)16-10-12(24-3)6-8-15(16)25-4;3-2(4,5)1(6)7/h5-10,18H,1-4H3,(H,20,21);(H,6,7). The third kappa shape index (κ3) is 7.45. The molecule has 0 aliphatic heterocycles. The molecule has 0 aromatic heterocycles. The van der Waals surface area contributed by atoms with E-state index >= 15 is 0 Å². The summed E-state index contributed by atoms with van der Waals surface area (Å²) in [7, 11) is 2.15. The SMILES string of the molecule is COc1ccc(OC)c(S(=O)(=O)Nc2ccc(N(C)C)c(C(=O)O)c2)c1.O=C(O)C(F)(F)F. The van der Waals surface area contributed by atoms with Crippen LogP contribution in [0.2, 0.25) is 0 Å². The Morgan fingerprint density at radius 2 is 1.58 bits per heavy atom. The number of rotatable bonds is 7. The van der Waals surface area contributed by atoms with Crippen LogP contribution in [0.4, 0.5) is 24.5 Å². The molecule has 0 aliphatic rings. The molecule has 3 N–H and O–H groups in total. The smallest absolute Gasteiger partial charge is 0.490 e. The quantitative estimate of drug-likeness (QED) is 0.529.